The molecule has 0 aliphatic carbocycles. The summed E-state index contributed by atoms with van der Waals surface area (Å²) in [6.45, 7) is 9.36. The normalized spacial score (nSPS) is 16.3. The van der Waals surface area contributed by atoms with Crippen LogP contribution in [0.2, 0.25) is 0 Å². The summed E-state index contributed by atoms with van der Waals surface area (Å²) < 4.78 is 20.6. The third-order valence-corrected chi connectivity index (χ3v) is 5.80. The van der Waals surface area contributed by atoms with E-state index in [0.717, 1.165) is 17.6 Å². The minimum atomic E-state index is -1.48. The SMILES string of the molecule is COC(=O)C[C@@H]1C(=O)N(CC(=O)OC(C)(C)C)CCN1C(=O)[C@H](CC(=O)OCc1ccccc1)NC(=O)OC(C)(C)C. The zero-order valence-corrected chi connectivity index (χ0v) is 25.3. The van der Waals surface area contributed by atoms with Crippen molar-refractivity contribution in [1.29, 1.82) is 0 Å². The van der Waals surface area contributed by atoms with Crippen LogP contribution < -0.4 is 5.32 Å². The number of esters is 3. The Hall–Kier alpha value is -4.16. The van der Waals surface area contributed by atoms with Crippen LogP contribution in [0, 0.1) is 0 Å². The number of hydrogen-bond donors (Lipinski definition) is 1. The Labute approximate surface area is 245 Å². The molecule has 0 saturated carbocycles. The van der Waals surface area contributed by atoms with Gasteiger partial charge in [0.25, 0.3) is 0 Å². The highest BCUT2D eigenvalue weighted by Gasteiger charge is 2.43. The van der Waals surface area contributed by atoms with Crippen molar-refractivity contribution in [3.63, 3.8) is 0 Å². The second-order valence-corrected chi connectivity index (χ2v) is 11.7. The molecule has 1 aromatic carbocycles. The molecule has 1 saturated heterocycles. The number of rotatable bonds is 10. The van der Waals surface area contributed by atoms with Crippen molar-refractivity contribution in [3.05, 3.63) is 35.9 Å². The van der Waals surface area contributed by atoms with Gasteiger partial charge in [0.2, 0.25) is 11.8 Å². The first-order valence-corrected chi connectivity index (χ1v) is 13.6. The highest BCUT2D eigenvalue weighted by molar-refractivity contribution is 5.96. The largest absolute Gasteiger partial charge is 0.469 e. The highest BCUT2D eigenvalue weighted by Crippen LogP contribution is 2.19. The van der Waals surface area contributed by atoms with Crippen LogP contribution >= 0.6 is 0 Å². The van der Waals surface area contributed by atoms with Crippen molar-refractivity contribution in [2.24, 2.45) is 0 Å². The van der Waals surface area contributed by atoms with Crippen LogP contribution in [-0.2, 0) is 49.5 Å². The molecule has 13 nitrogen and oxygen atoms in total. The molecule has 232 valence electrons. The van der Waals surface area contributed by atoms with Gasteiger partial charge >= 0.3 is 24.0 Å². The number of methoxy groups -OCH3 is 1. The third kappa shape index (κ3) is 11.4. The molecule has 0 unspecified atom stereocenters. The fraction of sp³-hybridized carbons (Fsp3) is 0.586. The predicted molar refractivity (Wildman–Crippen MR) is 149 cm³/mol. The Balaban J connectivity index is 2.27. The summed E-state index contributed by atoms with van der Waals surface area (Å²) in [5.41, 5.74) is -0.958. The van der Waals surface area contributed by atoms with E-state index in [1.165, 1.54) is 4.90 Å². The molecule has 0 radical (unpaired) electrons. The van der Waals surface area contributed by atoms with Gasteiger partial charge in [0.05, 0.1) is 20.0 Å². The Bertz CT molecular complexity index is 1140. The monoisotopic (exact) mass is 591 g/mol. The Kier molecular flexibility index (Phi) is 11.9. The van der Waals surface area contributed by atoms with Gasteiger partial charge in [-0.1, -0.05) is 30.3 Å². The van der Waals surface area contributed by atoms with Crippen molar-refractivity contribution in [2.75, 3.05) is 26.7 Å². The van der Waals surface area contributed by atoms with Crippen molar-refractivity contribution in [2.45, 2.75) is 84.3 Å². The van der Waals surface area contributed by atoms with Gasteiger partial charge in [-0.05, 0) is 47.1 Å². The van der Waals surface area contributed by atoms with Crippen LogP contribution in [0.15, 0.2) is 30.3 Å². The van der Waals surface area contributed by atoms with E-state index in [4.69, 9.17) is 18.9 Å². The first-order valence-electron chi connectivity index (χ1n) is 13.6. The molecule has 1 aliphatic rings. The summed E-state index contributed by atoms with van der Waals surface area (Å²) in [6.07, 6.45) is -2.04. The van der Waals surface area contributed by atoms with E-state index in [1.807, 2.05) is 6.07 Å². The number of hydrogen-bond acceptors (Lipinski definition) is 10. The number of nitrogens with one attached hydrogen (secondary N) is 1. The third-order valence-electron chi connectivity index (χ3n) is 5.80. The molecule has 2 rings (SSSR count). The zero-order valence-electron chi connectivity index (χ0n) is 25.3. The first kappa shape index (κ1) is 34.0. The summed E-state index contributed by atoms with van der Waals surface area (Å²) in [5, 5.41) is 2.40. The lowest BCUT2D eigenvalue weighted by Gasteiger charge is -2.41. The maximum absolute atomic E-state index is 13.8. The Morgan fingerprint density at radius 2 is 1.52 bits per heavy atom. The average Bonchev–Trinajstić information content (AvgIpc) is 2.87. The second kappa shape index (κ2) is 14.6. The molecule has 3 amide bonds. The number of carbonyl (C=O) groups excluding carboxylic acids is 6. The lowest BCUT2D eigenvalue weighted by molar-refractivity contribution is -0.165. The quantitative estimate of drug-likeness (QED) is 0.315. The molecule has 1 fully saturated rings. The number of benzene rings is 1. The van der Waals surface area contributed by atoms with Crippen molar-refractivity contribution in [3.8, 4) is 0 Å². The van der Waals surface area contributed by atoms with Crippen LogP contribution in [0.4, 0.5) is 4.79 Å². The van der Waals surface area contributed by atoms with E-state index in [2.05, 4.69) is 5.32 Å². The summed E-state index contributed by atoms with van der Waals surface area (Å²) in [5.74, 6) is -3.71. The summed E-state index contributed by atoms with van der Waals surface area (Å²) in [7, 11) is 1.13. The minimum Gasteiger partial charge on any atom is -0.469 e. The van der Waals surface area contributed by atoms with Gasteiger partial charge in [-0.2, -0.15) is 0 Å². The molecule has 1 N–H and O–H groups in total. The molecular formula is C29H41N3O10. The van der Waals surface area contributed by atoms with Crippen molar-refractivity contribution in [1.82, 2.24) is 15.1 Å². The number of ether oxygens (including phenoxy) is 4. The minimum absolute atomic E-state index is 0.0557. The van der Waals surface area contributed by atoms with Gasteiger partial charge in [-0.3, -0.25) is 24.0 Å². The molecule has 13 heteroatoms. The number of carbonyl (C=O) groups is 6. The molecular weight excluding hydrogens is 550 g/mol. The van der Waals surface area contributed by atoms with E-state index in [1.54, 1.807) is 65.8 Å². The van der Waals surface area contributed by atoms with Gasteiger partial charge in [-0.25, -0.2) is 4.79 Å². The molecule has 42 heavy (non-hydrogen) atoms. The fourth-order valence-corrected chi connectivity index (χ4v) is 4.04. The van der Waals surface area contributed by atoms with Crippen molar-refractivity contribution < 1.29 is 47.7 Å². The van der Waals surface area contributed by atoms with Crippen LogP contribution in [0.25, 0.3) is 0 Å². The van der Waals surface area contributed by atoms with Crippen molar-refractivity contribution >= 4 is 35.8 Å². The molecule has 0 aromatic heterocycles. The molecule has 0 bridgehead atoms. The summed E-state index contributed by atoms with van der Waals surface area (Å²) in [6, 6.07) is 6.05. The van der Waals surface area contributed by atoms with Crippen LogP contribution in [0.3, 0.4) is 0 Å². The summed E-state index contributed by atoms with van der Waals surface area (Å²) in [4.78, 5) is 79.5. The fourth-order valence-electron chi connectivity index (χ4n) is 4.04. The Morgan fingerprint density at radius 3 is 2.10 bits per heavy atom. The Morgan fingerprint density at radius 1 is 0.905 bits per heavy atom. The zero-order chi connectivity index (χ0) is 31.7. The maximum atomic E-state index is 13.8. The lowest BCUT2D eigenvalue weighted by Crippen LogP contribution is -2.63. The first-order chi connectivity index (χ1) is 19.5. The van der Waals surface area contributed by atoms with Gasteiger partial charge in [0, 0.05) is 13.1 Å². The lowest BCUT2D eigenvalue weighted by atomic mass is 10.0. The standard InChI is InChI=1S/C29H41N3O10/c1-28(2,3)41-24(35)17-31-13-14-32(21(26(31)37)16-22(33)39-7)25(36)20(30-27(38)42-29(4,5)6)15-23(34)40-18-19-11-9-8-10-12-19/h8-12,20-21H,13-18H2,1-7H3,(H,30,38)/t20-,21+/m0/s1. The topological polar surface area (TPSA) is 158 Å². The predicted octanol–water partition coefficient (Wildman–Crippen LogP) is 1.96. The van der Waals surface area contributed by atoms with Gasteiger partial charge in [0.15, 0.2) is 0 Å². The average molecular weight is 592 g/mol. The molecule has 1 aromatic rings. The number of amides is 3. The second-order valence-electron chi connectivity index (χ2n) is 11.7. The van der Waals surface area contributed by atoms with Gasteiger partial charge in [0.1, 0.15) is 36.4 Å². The number of nitrogens with zero attached hydrogens (tertiary/aromatic N) is 2. The van der Waals surface area contributed by atoms with E-state index >= 15 is 0 Å². The van der Waals surface area contributed by atoms with E-state index in [-0.39, 0.29) is 26.2 Å². The molecule has 1 heterocycles. The number of piperazine rings is 1. The smallest absolute Gasteiger partial charge is 0.408 e. The van der Waals surface area contributed by atoms with E-state index in [9.17, 15) is 28.8 Å². The number of alkyl carbamates (subject to hydrolysis) is 1. The van der Waals surface area contributed by atoms with Crippen LogP contribution in [0.1, 0.15) is 59.9 Å². The highest BCUT2D eigenvalue weighted by atomic mass is 16.6. The van der Waals surface area contributed by atoms with Crippen LogP contribution in [-0.4, -0.2) is 95.6 Å². The molecule has 2 atom stereocenters. The summed E-state index contributed by atoms with van der Waals surface area (Å²) >= 11 is 0. The van der Waals surface area contributed by atoms with Crippen LogP contribution in [0.5, 0.6) is 0 Å². The van der Waals surface area contributed by atoms with Gasteiger partial charge in [-0.15, -0.1) is 0 Å². The van der Waals surface area contributed by atoms with Gasteiger partial charge < -0.3 is 34.1 Å². The molecule has 1 aliphatic heterocycles. The molecule has 0 spiro atoms. The van der Waals surface area contributed by atoms with E-state index < -0.39 is 71.9 Å². The van der Waals surface area contributed by atoms with E-state index in [0.29, 0.717) is 0 Å². The maximum Gasteiger partial charge on any atom is 0.408 e.